The van der Waals surface area contributed by atoms with Crippen LogP contribution in [0.1, 0.15) is 11.3 Å². The fourth-order valence-electron chi connectivity index (χ4n) is 1.96. The number of pyridine rings is 1. The molecule has 1 aromatic heterocycles. The van der Waals surface area contributed by atoms with E-state index in [1.807, 2.05) is 0 Å². The molecule has 0 saturated heterocycles. The fourth-order valence-corrected chi connectivity index (χ4v) is 1.96. The number of nitriles is 1. The molecule has 106 valence electrons. The number of nitrogens with one attached hydrogen (secondary N) is 1. The molecule has 0 radical (unpaired) electrons. The second kappa shape index (κ2) is 5.05. The molecule has 0 aliphatic rings. The van der Waals surface area contributed by atoms with Crippen molar-refractivity contribution in [3.63, 3.8) is 0 Å². The van der Waals surface area contributed by atoms with Gasteiger partial charge in [-0.3, -0.25) is 14.9 Å². The van der Waals surface area contributed by atoms with E-state index in [0.29, 0.717) is 5.69 Å². The predicted octanol–water partition coefficient (Wildman–Crippen LogP) is 1.97. The Morgan fingerprint density at radius 3 is 2.71 bits per heavy atom. The maximum Gasteiger partial charge on any atom is 0.311 e. The molecule has 0 saturated carbocycles. The number of nitro groups is 1. The van der Waals surface area contributed by atoms with E-state index < -0.39 is 38.9 Å². The first kappa shape index (κ1) is 14.2. The Bertz CT molecular complexity index is 852. The first-order valence-corrected chi connectivity index (χ1v) is 5.67. The predicted molar refractivity (Wildman–Crippen MR) is 70.2 cm³/mol. The molecule has 2 N–H and O–H groups in total. The van der Waals surface area contributed by atoms with Gasteiger partial charge in [-0.2, -0.15) is 5.26 Å². The average Bonchev–Trinajstić information content (AvgIpc) is 2.37. The molecule has 0 fully saturated rings. The summed E-state index contributed by atoms with van der Waals surface area (Å²) in [5.74, 6) is -1.90. The van der Waals surface area contributed by atoms with Crippen LogP contribution in [0.25, 0.3) is 11.1 Å². The number of H-pyrrole nitrogens is 1. The van der Waals surface area contributed by atoms with Gasteiger partial charge in [0.05, 0.1) is 10.5 Å². The number of aromatic hydroxyl groups is 1. The van der Waals surface area contributed by atoms with E-state index in [-0.39, 0.29) is 5.56 Å². The monoisotopic (exact) mass is 289 g/mol. The summed E-state index contributed by atoms with van der Waals surface area (Å²) in [5, 5.41) is 29.7. The summed E-state index contributed by atoms with van der Waals surface area (Å²) < 4.78 is 14.0. The third-order valence-corrected chi connectivity index (χ3v) is 2.85. The number of aryl methyl sites for hydroxylation is 1. The van der Waals surface area contributed by atoms with Crippen LogP contribution in [0, 0.1) is 34.2 Å². The summed E-state index contributed by atoms with van der Waals surface area (Å²) in [6.07, 6.45) is 0. The van der Waals surface area contributed by atoms with Crippen LogP contribution >= 0.6 is 0 Å². The van der Waals surface area contributed by atoms with Crippen LogP contribution < -0.4 is 5.56 Å². The number of hydrogen-bond donors (Lipinski definition) is 2. The molecular weight excluding hydrogens is 281 g/mol. The van der Waals surface area contributed by atoms with Gasteiger partial charge in [0.15, 0.2) is 0 Å². The summed E-state index contributed by atoms with van der Waals surface area (Å²) in [5.41, 5.74) is -2.34. The highest BCUT2D eigenvalue weighted by Crippen LogP contribution is 2.39. The molecule has 1 aromatic carbocycles. The number of aromatic amines is 1. The van der Waals surface area contributed by atoms with Crippen LogP contribution in [0.5, 0.6) is 5.75 Å². The third kappa shape index (κ3) is 2.32. The maximum absolute atomic E-state index is 14.0. The molecule has 0 spiro atoms. The molecule has 1 heterocycles. The second-order valence-electron chi connectivity index (χ2n) is 4.23. The lowest BCUT2D eigenvalue weighted by Gasteiger charge is -2.09. The van der Waals surface area contributed by atoms with E-state index in [1.54, 1.807) is 6.07 Å². The Hall–Kier alpha value is -3.21. The molecule has 0 amide bonds. The molecule has 0 bridgehead atoms. The molecule has 0 aliphatic carbocycles. The highest BCUT2D eigenvalue weighted by Gasteiger charge is 2.24. The first-order chi connectivity index (χ1) is 9.86. The van der Waals surface area contributed by atoms with Gasteiger partial charge in [-0.05, 0) is 19.1 Å². The van der Waals surface area contributed by atoms with Gasteiger partial charge in [0, 0.05) is 17.3 Å². The Morgan fingerprint density at radius 1 is 1.48 bits per heavy atom. The van der Waals surface area contributed by atoms with Gasteiger partial charge in [0.1, 0.15) is 17.4 Å². The van der Waals surface area contributed by atoms with Gasteiger partial charge in [-0.1, -0.05) is 0 Å². The maximum atomic E-state index is 14.0. The topological polar surface area (TPSA) is 120 Å². The summed E-state index contributed by atoms with van der Waals surface area (Å²) in [7, 11) is 0. The number of hydrogen-bond acceptors (Lipinski definition) is 5. The van der Waals surface area contributed by atoms with E-state index in [0.717, 1.165) is 12.1 Å². The zero-order chi connectivity index (χ0) is 15.7. The van der Waals surface area contributed by atoms with Crippen molar-refractivity contribution in [1.82, 2.24) is 4.98 Å². The van der Waals surface area contributed by atoms with Crippen LogP contribution in [0.3, 0.4) is 0 Å². The van der Waals surface area contributed by atoms with Crippen molar-refractivity contribution in [2.24, 2.45) is 0 Å². The minimum atomic E-state index is -0.973. The van der Waals surface area contributed by atoms with E-state index in [9.17, 15) is 24.4 Å². The van der Waals surface area contributed by atoms with Gasteiger partial charge in [-0.25, -0.2) is 4.39 Å². The summed E-state index contributed by atoms with van der Waals surface area (Å²) >= 11 is 0. The van der Waals surface area contributed by atoms with Gasteiger partial charge < -0.3 is 10.1 Å². The van der Waals surface area contributed by atoms with Crippen LogP contribution in [0.4, 0.5) is 10.1 Å². The van der Waals surface area contributed by atoms with Crippen molar-refractivity contribution in [3.05, 3.63) is 55.7 Å². The summed E-state index contributed by atoms with van der Waals surface area (Å²) in [6.45, 7) is 1.50. The molecule has 0 unspecified atom stereocenters. The largest absolute Gasteiger partial charge is 0.502 e. The Morgan fingerprint density at radius 2 is 2.14 bits per heavy atom. The molecule has 8 heteroatoms. The van der Waals surface area contributed by atoms with Gasteiger partial charge in [0.2, 0.25) is 5.75 Å². The number of phenols is 1. The number of rotatable bonds is 2. The number of benzene rings is 1. The Kier molecular flexibility index (Phi) is 3.42. The van der Waals surface area contributed by atoms with Crippen molar-refractivity contribution in [1.29, 1.82) is 5.26 Å². The van der Waals surface area contributed by atoms with E-state index in [1.165, 1.54) is 13.0 Å². The molecule has 0 atom stereocenters. The van der Waals surface area contributed by atoms with Crippen LogP contribution in [-0.4, -0.2) is 15.0 Å². The smallest absolute Gasteiger partial charge is 0.311 e. The molecule has 2 aromatic rings. The quantitative estimate of drug-likeness (QED) is 0.646. The number of halogens is 1. The van der Waals surface area contributed by atoms with Gasteiger partial charge in [-0.15, -0.1) is 0 Å². The minimum Gasteiger partial charge on any atom is -0.502 e. The number of phenolic OH excluding ortho intramolecular Hbond substituents is 1. The zero-order valence-electron chi connectivity index (χ0n) is 10.7. The van der Waals surface area contributed by atoms with E-state index >= 15 is 0 Å². The zero-order valence-corrected chi connectivity index (χ0v) is 10.7. The molecule has 2 rings (SSSR count). The van der Waals surface area contributed by atoms with Crippen LogP contribution in [-0.2, 0) is 0 Å². The highest BCUT2D eigenvalue weighted by molar-refractivity contribution is 5.79. The number of nitrogens with zero attached hydrogens (tertiary/aromatic N) is 2. The van der Waals surface area contributed by atoms with Gasteiger partial charge >= 0.3 is 5.69 Å². The van der Waals surface area contributed by atoms with Crippen molar-refractivity contribution >= 4 is 5.69 Å². The van der Waals surface area contributed by atoms with Crippen molar-refractivity contribution < 1.29 is 14.4 Å². The highest BCUT2D eigenvalue weighted by atomic mass is 19.1. The normalized spacial score (nSPS) is 10.1. The number of nitro benzene ring substituents is 1. The lowest BCUT2D eigenvalue weighted by molar-refractivity contribution is -0.385. The summed E-state index contributed by atoms with van der Waals surface area (Å²) in [4.78, 5) is 24.0. The minimum absolute atomic E-state index is 0.197. The Labute approximate surface area is 117 Å². The van der Waals surface area contributed by atoms with Crippen molar-refractivity contribution in [2.45, 2.75) is 6.92 Å². The lowest BCUT2D eigenvalue weighted by atomic mass is 9.99. The molecule has 7 nitrogen and oxygen atoms in total. The summed E-state index contributed by atoms with van der Waals surface area (Å²) in [6, 6.07) is 4.47. The lowest BCUT2D eigenvalue weighted by Crippen LogP contribution is -2.13. The van der Waals surface area contributed by atoms with Crippen molar-refractivity contribution in [3.8, 4) is 22.9 Å². The fraction of sp³-hybridized carbons (Fsp3) is 0.0769. The van der Waals surface area contributed by atoms with Crippen molar-refractivity contribution in [2.75, 3.05) is 0 Å². The van der Waals surface area contributed by atoms with E-state index in [2.05, 4.69) is 4.98 Å². The first-order valence-electron chi connectivity index (χ1n) is 5.67. The van der Waals surface area contributed by atoms with Crippen LogP contribution in [0.15, 0.2) is 23.0 Å². The molecular formula is C13H8FN3O4. The van der Waals surface area contributed by atoms with E-state index in [4.69, 9.17) is 5.26 Å². The third-order valence-electron chi connectivity index (χ3n) is 2.85. The van der Waals surface area contributed by atoms with Gasteiger partial charge in [0.25, 0.3) is 5.56 Å². The van der Waals surface area contributed by atoms with Crippen LogP contribution in [0.2, 0.25) is 0 Å². The number of aromatic nitrogens is 1. The average molecular weight is 289 g/mol. The second-order valence-corrected chi connectivity index (χ2v) is 4.23. The SMILES string of the molecule is Cc1cc(-c2c(F)ccc([N+](=O)[O-])c2O)c(C#N)c(=O)[nH]1. The standard InChI is InChI=1S/C13H8FN3O4/c1-6-4-7(8(5-15)13(19)16-6)11-9(14)2-3-10(12(11)18)17(20)21/h2-4,18H,1H3,(H,16,19). The Balaban J connectivity index is 2.92. The molecule has 21 heavy (non-hydrogen) atoms. The molecule has 0 aliphatic heterocycles.